The van der Waals surface area contributed by atoms with E-state index in [1.807, 2.05) is 27.2 Å². The number of quaternary nitrogens is 1. The molecule has 0 aromatic rings. The van der Waals surface area contributed by atoms with E-state index < -0.39 is 20.0 Å². The fourth-order valence-electron chi connectivity index (χ4n) is 5.00. The normalized spacial score (nSPS) is 15.1. The van der Waals surface area contributed by atoms with Gasteiger partial charge in [-0.25, -0.2) is 0 Å². The van der Waals surface area contributed by atoms with Gasteiger partial charge in [-0.05, 0) is 51.4 Å². The van der Waals surface area contributed by atoms with Crippen molar-refractivity contribution in [2.24, 2.45) is 0 Å². The molecule has 0 aliphatic rings. The molecule has 0 bridgehead atoms. The third kappa shape index (κ3) is 33.0. The van der Waals surface area contributed by atoms with Crippen molar-refractivity contribution >= 4 is 13.7 Å². The van der Waals surface area contributed by atoms with Gasteiger partial charge in [0, 0.05) is 6.42 Å². The largest absolute Gasteiger partial charge is 0.756 e. The van der Waals surface area contributed by atoms with E-state index in [1.54, 1.807) is 6.08 Å². The number of likely N-dealkylation sites (N-methyl/N-ethyl adjacent to an activating group) is 1. The highest BCUT2D eigenvalue weighted by molar-refractivity contribution is 7.45. The number of phosphoric ester groups is 1. The van der Waals surface area contributed by atoms with Gasteiger partial charge in [-0.15, -0.1) is 0 Å². The highest BCUT2D eigenvalue weighted by Crippen LogP contribution is 2.38. The Hall–Kier alpha value is -1.28. The summed E-state index contributed by atoms with van der Waals surface area (Å²) in [6.07, 6.45) is 34.8. The average molecular weight is 685 g/mol. The predicted octanol–water partition coefficient (Wildman–Crippen LogP) is 8.94. The summed E-state index contributed by atoms with van der Waals surface area (Å²) >= 11 is 0. The van der Waals surface area contributed by atoms with Crippen LogP contribution in [0.15, 0.2) is 36.5 Å². The molecule has 1 amide bonds. The van der Waals surface area contributed by atoms with Crippen molar-refractivity contribution in [3.05, 3.63) is 36.5 Å². The lowest BCUT2D eigenvalue weighted by molar-refractivity contribution is -0.870. The monoisotopic (exact) mass is 685 g/mol. The van der Waals surface area contributed by atoms with E-state index in [0.29, 0.717) is 17.4 Å². The van der Waals surface area contributed by atoms with Crippen LogP contribution in [-0.2, 0) is 18.4 Å². The van der Waals surface area contributed by atoms with E-state index in [1.165, 1.54) is 70.6 Å². The molecule has 276 valence electrons. The van der Waals surface area contributed by atoms with Gasteiger partial charge >= 0.3 is 0 Å². The summed E-state index contributed by atoms with van der Waals surface area (Å²) in [7, 11) is 1.25. The summed E-state index contributed by atoms with van der Waals surface area (Å²) < 4.78 is 23.0. The Morgan fingerprint density at radius 1 is 0.745 bits per heavy atom. The second-order valence-electron chi connectivity index (χ2n) is 13.9. The zero-order chi connectivity index (χ0) is 35.1. The number of hydrogen-bond acceptors (Lipinski definition) is 6. The minimum Gasteiger partial charge on any atom is -0.756 e. The van der Waals surface area contributed by atoms with Crippen LogP contribution in [0, 0.1) is 0 Å². The molecule has 3 atom stereocenters. The van der Waals surface area contributed by atoms with Crippen molar-refractivity contribution in [2.75, 3.05) is 40.9 Å². The molecule has 0 aliphatic carbocycles. The van der Waals surface area contributed by atoms with Gasteiger partial charge in [0.15, 0.2) is 0 Å². The number of aliphatic hydroxyl groups excluding tert-OH is 1. The molecule has 2 N–H and O–H groups in total. The molecule has 0 rings (SSSR count). The van der Waals surface area contributed by atoms with Crippen molar-refractivity contribution in [1.29, 1.82) is 0 Å². The lowest BCUT2D eigenvalue weighted by Gasteiger charge is -2.29. The first kappa shape index (κ1) is 45.7. The second-order valence-corrected chi connectivity index (χ2v) is 15.3. The van der Waals surface area contributed by atoms with E-state index in [9.17, 15) is 19.4 Å². The van der Waals surface area contributed by atoms with Gasteiger partial charge in [0.05, 0.1) is 39.9 Å². The van der Waals surface area contributed by atoms with Crippen LogP contribution in [0.1, 0.15) is 149 Å². The fourth-order valence-corrected chi connectivity index (χ4v) is 5.73. The number of unbranched alkanes of at least 4 members (excludes halogenated alkanes) is 16. The maximum atomic E-state index is 12.7. The molecule has 0 spiro atoms. The average Bonchev–Trinajstić information content (AvgIpc) is 3.01. The van der Waals surface area contributed by atoms with E-state index in [4.69, 9.17) is 9.05 Å². The molecule has 0 aromatic heterocycles. The number of rotatable bonds is 33. The molecular weight excluding hydrogens is 611 g/mol. The van der Waals surface area contributed by atoms with Crippen LogP contribution in [0.3, 0.4) is 0 Å². The number of nitrogens with zero attached hydrogens (tertiary/aromatic N) is 1. The van der Waals surface area contributed by atoms with Gasteiger partial charge in [-0.1, -0.05) is 127 Å². The van der Waals surface area contributed by atoms with Gasteiger partial charge < -0.3 is 28.8 Å². The summed E-state index contributed by atoms with van der Waals surface area (Å²) in [6.45, 7) is 4.54. The first-order chi connectivity index (χ1) is 22.5. The minimum absolute atomic E-state index is 0.00378. The van der Waals surface area contributed by atoms with Gasteiger partial charge in [0.1, 0.15) is 13.2 Å². The van der Waals surface area contributed by atoms with E-state index in [-0.39, 0.29) is 19.1 Å². The molecular formula is C38H73N2O6P. The number of nitrogens with one attached hydrogen (secondary N) is 1. The summed E-state index contributed by atoms with van der Waals surface area (Å²) in [5.74, 6) is -0.212. The smallest absolute Gasteiger partial charge is 0.268 e. The molecule has 0 aliphatic heterocycles. The van der Waals surface area contributed by atoms with Crippen LogP contribution in [0.25, 0.3) is 0 Å². The molecule has 47 heavy (non-hydrogen) atoms. The maximum Gasteiger partial charge on any atom is 0.268 e. The van der Waals surface area contributed by atoms with Crippen molar-refractivity contribution in [1.82, 2.24) is 5.32 Å². The number of phosphoric acid groups is 1. The number of carbonyl (C=O) groups excluding carboxylic acids is 1. The number of allylic oxidation sites excluding steroid dienone is 5. The van der Waals surface area contributed by atoms with Crippen LogP contribution in [0.4, 0.5) is 0 Å². The Bertz CT molecular complexity index is 871. The molecule has 0 saturated carbocycles. The topological polar surface area (TPSA) is 108 Å². The van der Waals surface area contributed by atoms with Crippen LogP contribution >= 0.6 is 7.82 Å². The van der Waals surface area contributed by atoms with Crippen molar-refractivity contribution in [3.8, 4) is 0 Å². The quantitative estimate of drug-likeness (QED) is 0.0309. The Kier molecular flexibility index (Phi) is 29.9. The number of carbonyl (C=O) groups is 1. The zero-order valence-electron chi connectivity index (χ0n) is 31.0. The number of amides is 1. The fraction of sp³-hybridized carbons (Fsp3) is 0.816. The van der Waals surface area contributed by atoms with Crippen molar-refractivity contribution in [2.45, 2.75) is 161 Å². The van der Waals surface area contributed by atoms with Gasteiger partial charge in [0.25, 0.3) is 7.82 Å². The summed E-state index contributed by atoms with van der Waals surface area (Å²) in [6, 6.07) is -0.886. The highest BCUT2D eigenvalue weighted by atomic mass is 31.2. The number of aliphatic hydroxyl groups is 1. The Morgan fingerprint density at radius 2 is 1.23 bits per heavy atom. The molecule has 0 saturated heterocycles. The Morgan fingerprint density at radius 3 is 1.81 bits per heavy atom. The van der Waals surface area contributed by atoms with Gasteiger partial charge in [-0.2, -0.15) is 0 Å². The van der Waals surface area contributed by atoms with Crippen molar-refractivity contribution < 1.29 is 32.9 Å². The summed E-state index contributed by atoms with van der Waals surface area (Å²) in [5, 5.41) is 13.6. The molecule has 0 heterocycles. The van der Waals surface area contributed by atoms with Gasteiger partial charge in [0.2, 0.25) is 5.91 Å². The van der Waals surface area contributed by atoms with E-state index in [2.05, 4.69) is 43.5 Å². The van der Waals surface area contributed by atoms with Gasteiger partial charge in [-0.3, -0.25) is 9.36 Å². The molecule has 9 heteroatoms. The SMILES string of the molecule is CCCCC/C=C\C/C=C\CCCCCCCCCC(=O)NC(COP(=O)([O-])OCC[N+](C)(C)C)C(O)/C=C/CCCCCCCC. The van der Waals surface area contributed by atoms with Crippen LogP contribution in [-0.4, -0.2) is 68.5 Å². The first-order valence-corrected chi connectivity index (χ1v) is 20.3. The number of hydrogen-bond donors (Lipinski definition) is 2. The molecule has 0 radical (unpaired) electrons. The Labute approximate surface area is 289 Å². The second kappa shape index (κ2) is 30.8. The predicted molar refractivity (Wildman–Crippen MR) is 196 cm³/mol. The zero-order valence-corrected chi connectivity index (χ0v) is 31.9. The third-order valence-electron chi connectivity index (χ3n) is 8.09. The molecule has 0 aromatic carbocycles. The lowest BCUT2D eigenvalue weighted by Crippen LogP contribution is -2.45. The standard InChI is InChI=1S/C38H73N2O6P/c1-6-8-10-12-14-16-17-18-19-20-21-22-23-24-26-28-30-32-38(42)39-36(35-46-47(43,44)45-34-33-40(3,4)5)37(41)31-29-27-25-15-13-11-9-7-2/h14,16,18-19,29,31,36-37,41H,6-13,15,17,20-28,30,32-35H2,1-5H3,(H-,39,42,43,44)/b16-14-,19-18-,31-29+. The van der Waals surface area contributed by atoms with Crippen LogP contribution in [0.2, 0.25) is 0 Å². The van der Waals surface area contributed by atoms with Crippen LogP contribution < -0.4 is 10.2 Å². The van der Waals surface area contributed by atoms with E-state index in [0.717, 1.165) is 57.8 Å². The summed E-state index contributed by atoms with van der Waals surface area (Å²) in [5.41, 5.74) is 0. The van der Waals surface area contributed by atoms with Crippen molar-refractivity contribution in [3.63, 3.8) is 0 Å². The lowest BCUT2D eigenvalue weighted by atomic mass is 10.1. The third-order valence-corrected chi connectivity index (χ3v) is 9.06. The molecule has 0 fully saturated rings. The minimum atomic E-state index is -4.57. The Balaban J connectivity index is 4.44. The highest BCUT2D eigenvalue weighted by Gasteiger charge is 2.23. The first-order valence-electron chi connectivity index (χ1n) is 18.9. The maximum absolute atomic E-state index is 12.7. The summed E-state index contributed by atoms with van der Waals surface area (Å²) in [4.78, 5) is 25.1. The van der Waals surface area contributed by atoms with E-state index >= 15 is 0 Å². The van der Waals surface area contributed by atoms with Crippen LogP contribution in [0.5, 0.6) is 0 Å². The molecule has 8 nitrogen and oxygen atoms in total. The molecule has 3 unspecified atom stereocenters.